The van der Waals surface area contributed by atoms with Gasteiger partial charge >= 0.3 is 0 Å². The maximum atomic E-state index is 13.2. The summed E-state index contributed by atoms with van der Waals surface area (Å²) in [5, 5.41) is 8.21. The van der Waals surface area contributed by atoms with Crippen LogP contribution in [0.1, 0.15) is 5.69 Å². The van der Waals surface area contributed by atoms with Gasteiger partial charge in [0.1, 0.15) is 5.75 Å². The smallest absolute Gasteiger partial charge is 0.276 e. The zero-order valence-corrected chi connectivity index (χ0v) is 17.2. The van der Waals surface area contributed by atoms with Crippen LogP contribution in [0.5, 0.6) is 5.75 Å². The molecule has 5 rings (SSSR count). The largest absolute Gasteiger partial charge is 0.497 e. The highest BCUT2D eigenvalue weighted by atomic mass is 32.1. The lowest BCUT2D eigenvalue weighted by atomic mass is 10.1. The molecule has 0 aliphatic rings. The summed E-state index contributed by atoms with van der Waals surface area (Å²) < 4.78 is 7.76. The lowest BCUT2D eigenvalue weighted by Crippen LogP contribution is -2.23. The molecule has 3 heterocycles. The Hall–Kier alpha value is -3.51. The molecular formula is C24H19N3O2S. The minimum atomic E-state index is -0.0765. The van der Waals surface area contributed by atoms with Gasteiger partial charge in [0, 0.05) is 28.4 Å². The van der Waals surface area contributed by atoms with Gasteiger partial charge in [0.25, 0.3) is 5.56 Å². The van der Waals surface area contributed by atoms with Crippen LogP contribution in [0.15, 0.2) is 77.0 Å². The zero-order chi connectivity index (χ0) is 20.5. The molecule has 0 bridgehead atoms. The SMILES string of the molecule is COc1cccc(-c2csc3cnn(CCc4ccc5ccccc5n4)c(=O)c23)c1. The molecule has 0 radical (unpaired) electrons. The molecule has 2 aromatic carbocycles. The van der Waals surface area contributed by atoms with Crippen molar-refractivity contribution in [3.63, 3.8) is 0 Å². The van der Waals surface area contributed by atoms with Crippen molar-refractivity contribution >= 4 is 32.3 Å². The molecule has 0 unspecified atom stereocenters. The molecule has 0 fully saturated rings. The molecule has 0 spiro atoms. The van der Waals surface area contributed by atoms with Crippen LogP contribution in [-0.4, -0.2) is 21.9 Å². The predicted molar refractivity (Wildman–Crippen MR) is 121 cm³/mol. The first-order chi connectivity index (χ1) is 14.7. The molecule has 5 nitrogen and oxygen atoms in total. The first kappa shape index (κ1) is 18.5. The van der Waals surface area contributed by atoms with Gasteiger partial charge < -0.3 is 4.74 Å². The third-order valence-electron chi connectivity index (χ3n) is 5.20. The molecule has 0 saturated heterocycles. The van der Waals surface area contributed by atoms with Crippen molar-refractivity contribution in [3.05, 3.63) is 88.3 Å². The normalized spacial score (nSPS) is 11.2. The second-order valence-electron chi connectivity index (χ2n) is 7.04. The van der Waals surface area contributed by atoms with E-state index in [2.05, 4.69) is 11.2 Å². The van der Waals surface area contributed by atoms with E-state index in [0.29, 0.717) is 18.4 Å². The summed E-state index contributed by atoms with van der Waals surface area (Å²) in [7, 11) is 1.64. The van der Waals surface area contributed by atoms with Crippen molar-refractivity contribution in [2.45, 2.75) is 13.0 Å². The second-order valence-corrected chi connectivity index (χ2v) is 7.95. The highest BCUT2D eigenvalue weighted by Crippen LogP contribution is 2.33. The number of fused-ring (bicyclic) bond motifs is 2. The van der Waals surface area contributed by atoms with Crippen LogP contribution in [-0.2, 0) is 13.0 Å². The maximum absolute atomic E-state index is 13.2. The van der Waals surface area contributed by atoms with Crippen molar-refractivity contribution in [1.82, 2.24) is 14.8 Å². The molecule has 5 aromatic rings. The van der Waals surface area contributed by atoms with Gasteiger partial charge in [-0.3, -0.25) is 9.78 Å². The molecule has 0 aliphatic heterocycles. The highest BCUT2D eigenvalue weighted by Gasteiger charge is 2.14. The van der Waals surface area contributed by atoms with E-state index in [-0.39, 0.29) is 5.56 Å². The first-order valence-electron chi connectivity index (χ1n) is 9.69. The van der Waals surface area contributed by atoms with Crippen molar-refractivity contribution in [1.29, 1.82) is 0 Å². The fraction of sp³-hybridized carbons (Fsp3) is 0.125. The van der Waals surface area contributed by atoms with Crippen molar-refractivity contribution in [3.8, 4) is 16.9 Å². The van der Waals surface area contributed by atoms with E-state index in [4.69, 9.17) is 9.72 Å². The molecule has 0 aliphatic carbocycles. The minimum Gasteiger partial charge on any atom is -0.497 e. The van der Waals surface area contributed by atoms with Gasteiger partial charge in [-0.25, -0.2) is 4.68 Å². The van der Waals surface area contributed by atoms with Crippen LogP contribution in [0, 0.1) is 0 Å². The van der Waals surface area contributed by atoms with E-state index in [9.17, 15) is 4.79 Å². The van der Waals surface area contributed by atoms with E-state index >= 15 is 0 Å². The minimum absolute atomic E-state index is 0.0765. The predicted octanol–water partition coefficient (Wildman–Crippen LogP) is 4.92. The average molecular weight is 414 g/mol. The summed E-state index contributed by atoms with van der Waals surface area (Å²) in [6.45, 7) is 0.480. The number of aryl methyl sites for hydroxylation is 2. The Labute approximate surface area is 177 Å². The third-order valence-corrected chi connectivity index (χ3v) is 6.12. The first-order valence-corrected chi connectivity index (χ1v) is 10.6. The zero-order valence-electron chi connectivity index (χ0n) is 16.4. The summed E-state index contributed by atoms with van der Waals surface area (Å²) in [5.41, 5.74) is 3.71. The molecule has 3 aromatic heterocycles. The second kappa shape index (κ2) is 7.72. The van der Waals surface area contributed by atoms with Gasteiger partial charge in [0.2, 0.25) is 0 Å². The Morgan fingerprint density at radius 3 is 2.87 bits per heavy atom. The number of pyridine rings is 1. The Bertz CT molecular complexity index is 1420. The number of nitrogens with zero attached hydrogens (tertiary/aromatic N) is 3. The van der Waals surface area contributed by atoms with E-state index in [1.807, 2.05) is 60.0 Å². The van der Waals surface area contributed by atoms with Gasteiger partial charge in [0.15, 0.2) is 0 Å². The van der Waals surface area contributed by atoms with E-state index in [1.54, 1.807) is 13.3 Å². The van der Waals surface area contributed by atoms with E-state index in [0.717, 1.165) is 38.2 Å². The highest BCUT2D eigenvalue weighted by molar-refractivity contribution is 7.17. The van der Waals surface area contributed by atoms with Crippen LogP contribution < -0.4 is 10.3 Å². The Kier molecular flexibility index (Phi) is 4.77. The van der Waals surface area contributed by atoms with E-state index in [1.165, 1.54) is 16.0 Å². The number of aromatic nitrogens is 3. The fourth-order valence-electron chi connectivity index (χ4n) is 3.62. The Balaban J connectivity index is 1.49. The van der Waals surface area contributed by atoms with Gasteiger partial charge in [-0.2, -0.15) is 5.10 Å². The number of para-hydroxylation sites is 1. The number of hydrogen-bond acceptors (Lipinski definition) is 5. The van der Waals surface area contributed by atoms with Crippen LogP contribution in [0.25, 0.3) is 32.1 Å². The van der Waals surface area contributed by atoms with Crippen molar-refractivity contribution in [2.24, 2.45) is 0 Å². The molecule has 0 N–H and O–H groups in total. The summed E-state index contributed by atoms with van der Waals surface area (Å²) in [4.78, 5) is 17.9. The molecule has 0 amide bonds. The topological polar surface area (TPSA) is 57.0 Å². The van der Waals surface area contributed by atoms with Crippen LogP contribution >= 0.6 is 11.3 Å². The van der Waals surface area contributed by atoms with Gasteiger partial charge in [-0.15, -0.1) is 11.3 Å². The lowest BCUT2D eigenvalue weighted by Gasteiger charge is -2.07. The van der Waals surface area contributed by atoms with Crippen molar-refractivity contribution in [2.75, 3.05) is 7.11 Å². The molecule has 0 atom stereocenters. The monoisotopic (exact) mass is 413 g/mol. The standard InChI is InChI=1S/C24H19N3O2S/c1-29-19-7-4-6-17(13-19)20-15-30-22-14-25-27(24(28)23(20)22)12-11-18-10-9-16-5-2-3-8-21(16)26-18/h2-10,13-15H,11-12H2,1H3. The fourth-order valence-corrected chi connectivity index (χ4v) is 4.54. The lowest BCUT2D eigenvalue weighted by molar-refractivity contribution is 0.415. The maximum Gasteiger partial charge on any atom is 0.276 e. The Morgan fingerprint density at radius 1 is 1.07 bits per heavy atom. The van der Waals surface area contributed by atoms with Crippen LogP contribution in [0.2, 0.25) is 0 Å². The van der Waals surface area contributed by atoms with Crippen molar-refractivity contribution < 1.29 is 4.74 Å². The van der Waals surface area contributed by atoms with Crippen LogP contribution in [0.3, 0.4) is 0 Å². The summed E-state index contributed by atoms with van der Waals surface area (Å²) in [5.74, 6) is 0.767. The van der Waals surface area contributed by atoms with E-state index < -0.39 is 0 Å². The summed E-state index contributed by atoms with van der Waals surface area (Å²) in [6, 6.07) is 19.9. The number of benzene rings is 2. The number of ether oxygens (including phenoxy) is 1. The third kappa shape index (κ3) is 3.35. The Morgan fingerprint density at radius 2 is 1.97 bits per heavy atom. The summed E-state index contributed by atoms with van der Waals surface area (Å²) in [6.07, 6.45) is 2.42. The van der Waals surface area contributed by atoms with Gasteiger partial charge in [-0.05, 0) is 29.8 Å². The molecular weight excluding hydrogens is 394 g/mol. The summed E-state index contributed by atoms with van der Waals surface area (Å²) >= 11 is 1.53. The van der Waals surface area contributed by atoms with Crippen LogP contribution in [0.4, 0.5) is 0 Å². The quantitative estimate of drug-likeness (QED) is 0.410. The number of hydrogen-bond donors (Lipinski definition) is 0. The number of rotatable bonds is 5. The average Bonchev–Trinajstić information content (AvgIpc) is 3.23. The van der Waals surface area contributed by atoms with Gasteiger partial charge in [-0.1, -0.05) is 36.4 Å². The number of thiophene rings is 1. The molecule has 6 heteroatoms. The number of methoxy groups -OCH3 is 1. The molecule has 148 valence electrons. The van der Waals surface area contributed by atoms with Gasteiger partial charge in [0.05, 0.1) is 35.5 Å². The molecule has 30 heavy (non-hydrogen) atoms. The molecule has 0 saturated carbocycles.